The van der Waals surface area contributed by atoms with E-state index < -0.39 is 24.5 Å². The maximum atomic E-state index is 10.4. The molecular formula is C38H70O8Ti. The summed E-state index contributed by atoms with van der Waals surface area (Å²) in [5.74, 6) is -1.66. The van der Waals surface area contributed by atoms with Gasteiger partial charge < -0.3 is 25.2 Å². The third kappa shape index (κ3) is 46.7. The van der Waals surface area contributed by atoms with Gasteiger partial charge in [-0.3, -0.25) is 9.59 Å². The number of carbonyl (C=O) groups is 3. The number of allylic oxidation sites excluding steroid dienone is 3. The van der Waals surface area contributed by atoms with E-state index >= 15 is 0 Å². The fraction of sp³-hybridized carbons (Fsp3) is 0.816. The van der Waals surface area contributed by atoms with Crippen molar-refractivity contribution in [3.8, 4) is 0 Å². The first-order valence-electron chi connectivity index (χ1n) is 18.4. The van der Waals surface area contributed by atoms with Crippen LogP contribution in [0.2, 0.25) is 0 Å². The van der Waals surface area contributed by atoms with Crippen LogP contribution in [0.1, 0.15) is 175 Å². The van der Waals surface area contributed by atoms with Gasteiger partial charge in [0.1, 0.15) is 6.61 Å². The number of epoxide rings is 1. The number of aliphatic hydroxyl groups excluding tert-OH is 1. The number of hydrogen-bond acceptors (Lipinski definition) is 5. The van der Waals surface area contributed by atoms with Crippen LogP contribution in [0.5, 0.6) is 0 Å². The maximum Gasteiger partial charge on any atom is 0.329 e. The summed E-state index contributed by atoms with van der Waals surface area (Å²) in [6.07, 6.45) is 37.1. The van der Waals surface area contributed by atoms with Crippen LogP contribution in [0, 0.1) is 5.92 Å². The summed E-state index contributed by atoms with van der Waals surface area (Å²) >= 11 is 0. The number of unbranched alkanes of at least 4 members (excludes halogenated alkanes) is 15. The van der Waals surface area contributed by atoms with Crippen LogP contribution in [-0.4, -0.2) is 57.1 Å². The van der Waals surface area contributed by atoms with Crippen molar-refractivity contribution in [1.82, 2.24) is 0 Å². The zero-order valence-electron chi connectivity index (χ0n) is 30.1. The minimum absolute atomic E-state index is 0. The van der Waals surface area contributed by atoms with E-state index in [0.717, 1.165) is 63.7 Å². The maximum absolute atomic E-state index is 10.4. The Labute approximate surface area is 302 Å². The predicted octanol–water partition coefficient (Wildman–Crippen LogP) is 10.1. The van der Waals surface area contributed by atoms with Gasteiger partial charge in [0.05, 0.1) is 12.2 Å². The number of rotatable bonds is 29. The van der Waals surface area contributed by atoms with Crippen molar-refractivity contribution in [3.63, 3.8) is 0 Å². The molecule has 0 aromatic heterocycles. The van der Waals surface area contributed by atoms with Crippen molar-refractivity contribution in [2.45, 2.75) is 187 Å². The van der Waals surface area contributed by atoms with Crippen LogP contribution in [0.4, 0.5) is 0 Å². The van der Waals surface area contributed by atoms with Crippen molar-refractivity contribution < 1.29 is 61.3 Å². The van der Waals surface area contributed by atoms with Gasteiger partial charge in [-0.2, -0.15) is 0 Å². The molecule has 0 saturated carbocycles. The third-order valence-corrected chi connectivity index (χ3v) is 7.83. The summed E-state index contributed by atoms with van der Waals surface area (Å²) in [5.41, 5.74) is 0. The van der Waals surface area contributed by atoms with Gasteiger partial charge in [0.25, 0.3) is 0 Å². The van der Waals surface area contributed by atoms with Crippen molar-refractivity contribution in [2.24, 2.45) is 5.92 Å². The van der Waals surface area contributed by atoms with E-state index in [1.807, 2.05) is 0 Å². The van der Waals surface area contributed by atoms with Gasteiger partial charge in [-0.25, -0.2) is 4.79 Å². The summed E-state index contributed by atoms with van der Waals surface area (Å²) < 4.78 is 5.66. The molecule has 4 N–H and O–H groups in total. The Bertz CT molecular complexity index is 769. The molecule has 47 heavy (non-hydrogen) atoms. The average molecular weight is 703 g/mol. The summed E-state index contributed by atoms with van der Waals surface area (Å²) in [7, 11) is 0. The third-order valence-electron chi connectivity index (χ3n) is 7.83. The average Bonchev–Trinajstić information content (AvgIpc) is 3.76. The first-order valence-corrected chi connectivity index (χ1v) is 18.4. The van der Waals surface area contributed by atoms with Crippen molar-refractivity contribution >= 4 is 17.9 Å². The predicted molar refractivity (Wildman–Crippen MR) is 188 cm³/mol. The molecule has 1 rings (SSSR count). The first-order chi connectivity index (χ1) is 22.1. The number of aliphatic hydroxyl groups is 1. The molecule has 9 heteroatoms. The Hall–Kier alpha value is -1.48. The molecule has 0 aromatic carbocycles. The molecule has 0 aromatic rings. The molecule has 0 aliphatic carbocycles. The van der Waals surface area contributed by atoms with E-state index in [9.17, 15) is 9.59 Å². The number of carboxylic acids is 3. The van der Waals surface area contributed by atoms with Gasteiger partial charge in [-0.15, -0.1) is 0 Å². The van der Waals surface area contributed by atoms with Gasteiger partial charge in [-0.1, -0.05) is 148 Å². The van der Waals surface area contributed by atoms with Gasteiger partial charge in [0.2, 0.25) is 0 Å². The molecule has 0 radical (unpaired) electrons. The number of ether oxygens (including phenoxy) is 1. The fourth-order valence-electron chi connectivity index (χ4n) is 5.06. The molecule has 1 aliphatic rings. The van der Waals surface area contributed by atoms with E-state index in [-0.39, 0.29) is 21.7 Å². The molecule has 1 heterocycles. The van der Waals surface area contributed by atoms with Crippen molar-refractivity contribution in [1.29, 1.82) is 0 Å². The van der Waals surface area contributed by atoms with Gasteiger partial charge in [0.15, 0.2) is 0 Å². The number of carboxylic acid groups (broad SMARTS) is 3. The summed E-state index contributed by atoms with van der Waals surface area (Å²) in [6, 6.07) is 0. The van der Waals surface area contributed by atoms with Crippen LogP contribution < -0.4 is 0 Å². The van der Waals surface area contributed by atoms with Crippen molar-refractivity contribution in [2.75, 3.05) is 6.61 Å². The Balaban J connectivity index is -0.000000707. The summed E-state index contributed by atoms with van der Waals surface area (Å²) in [5, 5.41) is 32.1. The Kier molecular flexibility index (Phi) is 41.4. The summed E-state index contributed by atoms with van der Waals surface area (Å²) in [4.78, 5) is 29.8. The van der Waals surface area contributed by atoms with Crippen LogP contribution >= 0.6 is 0 Å². The van der Waals surface area contributed by atoms with Crippen LogP contribution in [-0.2, 0) is 40.8 Å². The van der Waals surface area contributed by atoms with Crippen LogP contribution in [0.25, 0.3) is 0 Å². The molecular weight excluding hydrogens is 632 g/mol. The SMILES string of the molecule is CC(C)CCCCCCCCCCCCCCC(=O)O.CC/C=C/C/C=C/CC1OC1CCCCCCCC(=O)O.O=C(O)CO.[Ti]. The monoisotopic (exact) mass is 702 g/mol. The molecule has 1 fully saturated rings. The van der Waals surface area contributed by atoms with E-state index in [1.165, 1.54) is 83.5 Å². The Morgan fingerprint density at radius 1 is 0.596 bits per heavy atom. The van der Waals surface area contributed by atoms with Crippen LogP contribution in [0.15, 0.2) is 24.3 Å². The molecule has 0 amide bonds. The smallest absolute Gasteiger partial charge is 0.329 e. The molecule has 2 atom stereocenters. The van der Waals surface area contributed by atoms with Crippen molar-refractivity contribution in [3.05, 3.63) is 24.3 Å². The second-order valence-corrected chi connectivity index (χ2v) is 12.9. The molecule has 0 bridgehead atoms. The quantitative estimate of drug-likeness (QED) is 0.0261. The van der Waals surface area contributed by atoms with Gasteiger partial charge in [0, 0.05) is 34.6 Å². The Morgan fingerprint density at radius 3 is 1.40 bits per heavy atom. The second kappa shape index (κ2) is 39.0. The minimum atomic E-state index is -1.19. The Morgan fingerprint density at radius 2 is 1.00 bits per heavy atom. The first kappa shape index (κ1) is 49.9. The number of hydrogen-bond donors (Lipinski definition) is 4. The standard InChI is InChI=1S/C18H30O3.C18H36O2.C2H4O3.Ti/c1-2-3-4-5-7-10-13-16-17(21-16)14-11-8-6-9-12-15-18(19)20;1-17(2)15-13-11-9-7-5-3-4-6-8-10-12-14-16-18(19)20;3-1-2(4)5;/h3-4,7,10,16-17H,2,5-6,8-9,11-15H2,1H3,(H,19,20);17H,3-16H2,1-2H3,(H,19,20);3H,1H2,(H,4,5);/b4-3+,10-7+;;;. The molecule has 1 saturated heterocycles. The van der Waals surface area contributed by atoms with Crippen LogP contribution in [0.3, 0.4) is 0 Å². The topological polar surface area (TPSA) is 145 Å². The minimum Gasteiger partial charge on any atom is -0.481 e. The molecule has 2 unspecified atom stereocenters. The molecule has 8 nitrogen and oxygen atoms in total. The summed E-state index contributed by atoms with van der Waals surface area (Å²) in [6.45, 7) is 5.98. The molecule has 1 aliphatic heterocycles. The van der Waals surface area contributed by atoms with Gasteiger partial charge in [-0.05, 0) is 44.4 Å². The normalized spacial score (nSPS) is 15.1. The second-order valence-electron chi connectivity index (χ2n) is 12.9. The zero-order valence-corrected chi connectivity index (χ0v) is 31.7. The molecule has 274 valence electrons. The van der Waals surface area contributed by atoms with E-state index in [4.69, 9.17) is 30.0 Å². The zero-order chi connectivity index (χ0) is 34.7. The fourth-order valence-corrected chi connectivity index (χ4v) is 5.06. The number of aliphatic carboxylic acids is 3. The van der Waals surface area contributed by atoms with E-state index in [0.29, 0.717) is 25.0 Å². The van der Waals surface area contributed by atoms with E-state index in [1.54, 1.807) is 0 Å². The molecule has 0 spiro atoms. The van der Waals surface area contributed by atoms with Gasteiger partial charge >= 0.3 is 17.9 Å². The largest absolute Gasteiger partial charge is 0.481 e. The van der Waals surface area contributed by atoms with E-state index in [2.05, 4.69) is 45.1 Å².